The number of benzene rings is 1. The average Bonchev–Trinajstić information content (AvgIpc) is 2.28. The van der Waals surface area contributed by atoms with Gasteiger partial charge in [-0.05, 0) is 30.7 Å². The number of carboxylic acids is 1. The van der Waals surface area contributed by atoms with Gasteiger partial charge in [-0.2, -0.15) is 0 Å². The molecule has 2 rings (SSSR count). The number of rotatable bonds is 3. The molecule has 0 amide bonds. The van der Waals surface area contributed by atoms with E-state index in [-0.39, 0.29) is 5.69 Å². The molecular formula is C12H10BrN3O2. The predicted molar refractivity (Wildman–Crippen MR) is 71.2 cm³/mol. The molecule has 0 aliphatic heterocycles. The van der Waals surface area contributed by atoms with Crippen molar-refractivity contribution in [1.29, 1.82) is 0 Å². The summed E-state index contributed by atoms with van der Waals surface area (Å²) in [5.41, 5.74) is 1.88. The SMILES string of the molecule is Cc1cc(Br)cc(Nc2cnc(C(=O)O)cn2)c1. The van der Waals surface area contributed by atoms with E-state index in [4.69, 9.17) is 5.11 Å². The Bertz CT molecular complexity index is 564. The van der Waals surface area contributed by atoms with Crippen molar-refractivity contribution in [3.05, 3.63) is 46.3 Å². The second-order valence-corrected chi connectivity index (χ2v) is 4.65. The van der Waals surface area contributed by atoms with Crippen LogP contribution in [-0.2, 0) is 0 Å². The maximum absolute atomic E-state index is 10.6. The Labute approximate surface area is 112 Å². The molecule has 5 nitrogen and oxygen atoms in total. The van der Waals surface area contributed by atoms with Gasteiger partial charge in [0.15, 0.2) is 5.69 Å². The second-order valence-electron chi connectivity index (χ2n) is 3.73. The van der Waals surface area contributed by atoms with Crippen LogP contribution in [0.15, 0.2) is 35.1 Å². The van der Waals surface area contributed by atoms with Gasteiger partial charge in [0.05, 0.1) is 12.4 Å². The first-order chi connectivity index (χ1) is 8.54. The van der Waals surface area contributed by atoms with Gasteiger partial charge >= 0.3 is 5.97 Å². The molecule has 2 N–H and O–H groups in total. The van der Waals surface area contributed by atoms with Gasteiger partial charge in [0.2, 0.25) is 0 Å². The van der Waals surface area contributed by atoms with Crippen LogP contribution in [0.2, 0.25) is 0 Å². The molecule has 2 aromatic rings. The largest absolute Gasteiger partial charge is 0.476 e. The maximum Gasteiger partial charge on any atom is 0.356 e. The molecule has 0 spiro atoms. The van der Waals surface area contributed by atoms with Crippen LogP contribution in [0.4, 0.5) is 11.5 Å². The Morgan fingerprint density at radius 1 is 1.28 bits per heavy atom. The number of halogens is 1. The van der Waals surface area contributed by atoms with E-state index in [1.165, 1.54) is 12.4 Å². The van der Waals surface area contributed by atoms with Gasteiger partial charge in [-0.25, -0.2) is 14.8 Å². The standard InChI is InChI=1S/C12H10BrN3O2/c1-7-2-8(13)4-9(3-7)16-11-6-14-10(5-15-11)12(17)18/h2-6H,1H3,(H,15,16)(H,17,18). The zero-order chi connectivity index (χ0) is 13.1. The van der Waals surface area contributed by atoms with Crippen molar-refractivity contribution in [2.24, 2.45) is 0 Å². The number of anilines is 2. The van der Waals surface area contributed by atoms with E-state index in [2.05, 4.69) is 31.2 Å². The molecule has 6 heteroatoms. The summed E-state index contributed by atoms with van der Waals surface area (Å²) >= 11 is 3.40. The Kier molecular flexibility index (Phi) is 3.57. The smallest absolute Gasteiger partial charge is 0.356 e. The van der Waals surface area contributed by atoms with Gasteiger partial charge < -0.3 is 10.4 Å². The minimum absolute atomic E-state index is 0.0778. The number of nitrogens with one attached hydrogen (secondary N) is 1. The topological polar surface area (TPSA) is 75.1 Å². The van der Waals surface area contributed by atoms with Crippen molar-refractivity contribution in [3.8, 4) is 0 Å². The fourth-order valence-corrected chi connectivity index (χ4v) is 2.07. The van der Waals surface area contributed by atoms with E-state index in [0.717, 1.165) is 15.7 Å². The summed E-state index contributed by atoms with van der Waals surface area (Å²) in [5, 5.41) is 11.8. The predicted octanol–water partition coefficient (Wildman–Crippen LogP) is 2.99. The van der Waals surface area contributed by atoms with Crippen LogP contribution < -0.4 is 5.32 Å². The highest BCUT2D eigenvalue weighted by molar-refractivity contribution is 9.10. The summed E-state index contributed by atoms with van der Waals surface area (Å²) in [7, 11) is 0. The van der Waals surface area contributed by atoms with Crippen molar-refractivity contribution in [1.82, 2.24) is 9.97 Å². The zero-order valence-electron chi connectivity index (χ0n) is 9.51. The van der Waals surface area contributed by atoms with Gasteiger partial charge in [-0.3, -0.25) is 0 Å². The summed E-state index contributed by atoms with van der Waals surface area (Å²) in [6.45, 7) is 1.98. The minimum Gasteiger partial charge on any atom is -0.476 e. The molecule has 0 fully saturated rings. The van der Waals surface area contributed by atoms with Gasteiger partial charge in [-0.15, -0.1) is 0 Å². The first-order valence-electron chi connectivity index (χ1n) is 5.14. The van der Waals surface area contributed by atoms with Crippen LogP contribution in [0, 0.1) is 6.92 Å². The summed E-state index contributed by atoms with van der Waals surface area (Å²) in [5.74, 6) is -0.593. The maximum atomic E-state index is 10.6. The Balaban J connectivity index is 2.20. The number of aromatic carboxylic acids is 1. The highest BCUT2D eigenvalue weighted by Crippen LogP contribution is 2.21. The van der Waals surface area contributed by atoms with Crippen molar-refractivity contribution >= 4 is 33.4 Å². The van der Waals surface area contributed by atoms with Gasteiger partial charge in [0.1, 0.15) is 5.82 Å². The molecule has 1 heterocycles. The van der Waals surface area contributed by atoms with Crippen LogP contribution in [0.5, 0.6) is 0 Å². The molecule has 18 heavy (non-hydrogen) atoms. The Hall–Kier alpha value is -1.95. The molecule has 0 bridgehead atoms. The number of aryl methyl sites for hydroxylation is 1. The molecule has 92 valence electrons. The third-order valence-electron chi connectivity index (χ3n) is 2.19. The number of carboxylic acid groups (broad SMARTS) is 1. The van der Waals surface area contributed by atoms with Gasteiger partial charge in [-0.1, -0.05) is 15.9 Å². The number of carbonyl (C=O) groups is 1. The number of hydrogen-bond acceptors (Lipinski definition) is 4. The normalized spacial score (nSPS) is 10.1. The summed E-state index contributed by atoms with van der Waals surface area (Å²) in [6, 6.07) is 5.85. The second kappa shape index (κ2) is 5.14. The van der Waals surface area contributed by atoms with Gasteiger partial charge in [0, 0.05) is 10.2 Å². The van der Waals surface area contributed by atoms with E-state index in [1.54, 1.807) is 0 Å². The third kappa shape index (κ3) is 3.04. The van der Waals surface area contributed by atoms with Crippen LogP contribution >= 0.6 is 15.9 Å². The molecule has 0 aliphatic carbocycles. The first kappa shape index (κ1) is 12.5. The molecule has 0 aliphatic rings. The lowest BCUT2D eigenvalue weighted by atomic mass is 10.2. The van der Waals surface area contributed by atoms with Crippen LogP contribution in [-0.4, -0.2) is 21.0 Å². The lowest BCUT2D eigenvalue weighted by molar-refractivity contribution is 0.0690. The van der Waals surface area contributed by atoms with E-state index in [0.29, 0.717) is 5.82 Å². The molecule has 0 saturated heterocycles. The van der Waals surface area contributed by atoms with E-state index in [1.807, 2.05) is 25.1 Å². The van der Waals surface area contributed by atoms with Crippen molar-refractivity contribution in [2.75, 3.05) is 5.32 Å². The van der Waals surface area contributed by atoms with E-state index >= 15 is 0 Å². The van der Waals surface area contributed by atoms with Crippen molar-refractivity contribution < 1.29 is 9.90 Å². The number of hydrogen-bond donors (Lipinski definition) is 2. The average molecular weight is 308 g/mol. The van der Waals surface area contributed by atoms with Crippen LogP contribution in [0.1, 0.15) is 16.1 Å². The molecule has 1 aromatic heterocycles. The molecule has 0 atom stereocenters. The summed E-state index contributed by atoms with van der Waals surface area (Å²) < 4.78 is 0.958. The van der Waals surface area contributed by atoms with Crippen LogP contribution in [0.3, 0.4) is 0 Å². The Morgan fingerprint density at radius 3 is 2.61 bits per heavy atom. The molecule has 0 unspecified atom stereocenters. The van der Waals surface area contributed by atoms with Crippen molar-refractivity contribution in [3.63, 3.8) is 0 Å². The summed E-state index contributed by atoms with van der Waals surface area (Å²) in [6.07, 6.45) is 2.61. The molecule has 0 saturated carbocycles. The number of nitrogens with zero attached hydrogens (tertiary/aromatic N) is 2. The zero-order valence-corrected chi connectivity index (χ0v) is 11.1. The molecular weight excluding hydrogens is 298 g/mol. The third-order valence-corrected chi connectivity index (χ3v) is 2.64. The minimum atomic E-state index is -1.09. The lowest BCUT2D eigenvalue weighted by Crippen LogP contribution is -2.02. The van der Waals surface area contributed by atoms with Crippen LogP contribution in [0.25, 0.3) is 0 Å². The first-order valence-corrected chi connectivity index (χ1v) is 5.93. The summed E-state index contributed by atoms with van der Waals surface area (Å²) in [4.78, 5) is 18.4. The highest BCUT2D eigenvalue weighted by Gasteiger charge is 2.05. The highest BCUT2D eigenvalue weighted by atomic mass is 79.9. The number of aromatic nitrogens is 2. The fourth-order valence-electron chi connectivity index (χ4n) is 1.46. The van der Waals surface area contributed by atoms with E-state index < -0.39 is 5.97 Å². The quantitative estimate of drug-likeness (QED) is 0.911. The van der Waals surface area contributed by atoms with E-state index in [9.17, 15) is 4.79 Å². The monoisotopic (exact) mass is 307 g/mol. The van der Waals surface area contributed by atoms with Gasteiger partial charge in [0.25, 0.3) is 0 Å². The van der Waals surface area contributed by atoms with Crippen molar-refractivity contribution in [2.45, 2.75) is 6.92 Å². The molecule has 1 aromatic carbocycles. The Morgan fingerprint density at radius 2 is 2.06 bits per heavy atom. The molecule has 0 radical (unpaired) electrons. The lowest BCUT2D eigenvalue weighted by Gasteiger charge is -2.07. The fraction of sp³-hybridized carbons (Fsp3) is 0.0833.